The Kier molecular flexibility index (Phi) is 4.99. The first-order valence-corrected chi connectivity index (χ1v) is 9.73. The number of aromatic nitrogens is 1. The van der Waals surface area contributed by atoms with E-state index in [1.807, 2.05) is 30.5 Å². The minimum Gasteiger partial charge on any atom is -0.361 e. The maximum Gasteiger partial charge on any atom is 0.254 e. The number of rotatable bonds is 4. The third-order valence-corrected chi connectivity index (χ3v) is 5.43. The van der Waals surface area contributed by atoms with Crippen molar-refractivity contribution < 1.29 is 4.79 Å². The zero-order chi connectivity index (χ0) is 18.8. The topological polar surface area (TPSA) is 39.3 Å². The maximum atomic E-state index is 13.3. The van der Waals surface area contributed by atoms with Crippen LogP contribution >= 0.6 is 0 Å². The molecular weight excluding hydrogens is 334 g/mol. The van der Waals surface area contributed by atoms with Crippen LogP contribution in [-0.4, -0.2) is 41.3 Å². The van der Waals surface area contributed by atoms with Crippen molar-refractivity contribution in [3.05, 3.63) is 71.4 Å². The van der Waals surface area contributed by atoms with Crippen LogP contribution in [0, 0.1) is 0 Å². The highest BCUT2D eigenvalue weighted by Gasteiger charge is 2.28. The average molecular weight is 361 g/mol. The minimum absolute atomic E-state index is 0.133. The molecule has 2 aromatic carbocycles. The summed E-state index contributed by atoms with van der Waals surface area (Å²) in [6.45, 7) is 1.76. The number of H-pyrrole nitrogens is 1. The van der Waals surface area contributed by atoms with E-state index in [0.29, 0.717) is 0 Å². The summed E-state index contributed by atoms with van der Waals surface area (Å²) in [5, 5.41) is 1.14. The summed E-state index contributed by atoms with van der Waals surface area (Å²) in [5.41, 5.74) is 4.32. The lowest BCUT2D eigenvalue weighted by atomic mass is 9.93. The van der Waals surface area contributed by atoms with E-state index in [1.54, 1.807) is 0 Å². The lowest BCUT2D eigenvalue weighted by molar-refractivity contribution is 0.0611. The van der Waals surface area contributed by atoms with Crippen LogP contribution in [0.4, 0.5) is 0 Å². The van der Waals surface area contributed by atoms with E-state index in [-0.39, 0.29) is 11.9 Å². The Labute approximate surface area is 160 Å². The minimum atomic E-state index is 0.133. The summed E-state index contributed by atoms with van der Waals surface area (Å²) in [7, 11) is 4.16. The number of likely N-dealkylation sites (tertiary alicyclic amines) is 1. The van der Waals surface area contributed by atoms with Crippen LogP contribution in [-0.2, 0) is 6.54 Å². The van der Waals surface area contributed by atoms with Crippen molar-refractivity contribution in [1.82, 2.24) is 14.8 Å². The molecule has 1 amide bonds. The predicted molar refractivity (Wildman–Crippen MR) is 110 cm³/mol. The summed E-state index contributed by atoms with van der Waals surface area (Å²) in [4.78, 5) is 20.7. The summed E-state index contributed by atoms with van der Waals surface area (Å²) in [6.07, 6.45) is 5.19. The van der Waals surface area contributed by atoms with Gasteiger partial charge in [0.2, 0.25) is 0 Å². The second kappa shape index (κ2) is 7.57. The largest absolute Gasteiger partial charge is 0.361 e. The highest BCUT2D eigenvalue weighted by molar-refractivity contribution is 5.98. The highest BCUT2D eigenvalue weighted by Crippen LogP contribution is 2.32. The molecule has 0 radical (unpaired) electrons. The van der Waals surface area contributed by atoms with Crippen LogP contribution in [0.1, 0.15) is 46.8 Å². The molecule has 2 heterocycles. The molecule has 1 atom stereocenters. The van der Waals surface area contributed by atoms with Gasteiger partial charge in [-0.15, -0.1) is 0 Å². The van der Waals surface area contributed by atoms with Crippen LogP contribution in [0.5, 0.6) is 0 Å². The van der Waals surface area contributed by atoms with Gasteiger partial charge in [0.25, 0.3) is 5.91 Å². The number of piperidine rings is 1. The normalized spacial score (nSPS) is 17.6. The molecular formula is C23H27N3O. The first kappa shape index (κ1) is 17.8. The summed E-state index contributed by atoms with van der Waals surface area (Å²) < 4.78 is 0. The Morgan fingerprint density at radius 2 is 1.93 bits per heavy atom. The first-order chi connectivity index (χ1) is 13.1. The van der Waals surface area contributed by atoms with Crippen molar-refractivity contribution in [2.75, 3.05) is 20.6 Å². The van der Waals surface area contributed by atoms with E-state index in [2.05, 4.69) is 53.1 Å². The Morgan fingerprint density at radius 1 is 1.11 bits per heavy atom. The Balaban J connectivity index is 1.58. The van der Waals surface area contributed by atoms with Crippen molar-refractivity contribution in [2.45, 2.75) is 31.8 Å². The van der Waals surface area contributed by atoms with E-state index in [4.69, 9.17) is 0 Å². The Bertz CT molecular complexity index is 926. The fraction of sp³-hybridized carbons (Fsp3) is 0.348. The predicted octanol–water partition coefficient (Wildman–Crippen LogP) is 4.60. The summed E-state index contributed by atoms with van der Waals surface area (Å²) in [5.74, 6) is 0.133. The molecule has 3 aromatic rings. The maximum absolute atomic E-state index is 13.3. The van der Waals surface area contributed by atoms with Crippen molar-refractivity contribution in [2.24, 2.45) is 0 Å². The Hall–Kier alpha value is -2.59. The number of hydrogen-bond acceptors (Lipinski definition) is 2. The fourth-order valence-electron chi connectivity index (χ4n) is 4.08. The molecule has 1 fully saturated rings. The summed E-state index contributed by atoms with van der Waals surface area (Å²) in [6, 6.07) is 16.9. The van der Waals surface area contributed by atoms with E-state index in [9.17, 15) is 4.79 Å². The summed E-state index contributed by atoms with van der Waals surface area (Å²) >= 11 is 0. The highest BCUT2D eigenvalue weighted by atomic mass is 16.2. The van der Waals surface area contributed by atoms with Gasteiger partial charge in [-0.1, -0.05) is 30.3 Å². The molecule has 27 heavy (non-hydrogen) atoms. The SMILES string of the molecule is CN(C)Cc1ccc([C@@H]2CCCCN2C(=O)c2ccc3cc[nH]c3c2)cc1. The molecule has 1 saturated heterocycles. The molecule has 140 valence electrons. The molecule has 0 bridgehead atoms. The smallest absolute Gasteiger partial charge is 0.254 e. The third kappa shape index (κ3) is 3.76. The number of carbonyl (C=O) groups excluding carboxylic acids is 1. The van der Waals surface area contributed by atoms with E-state index in [0.717, 1.165) is 42.4 Å². The van der Waals surface area contributed by atoms with Gasteiger partial charge in [0.1, 0.15) is 0 Å². The first-order valence-electron chi connectivity index (χ1n) is 9.73. The number of amides is 1. The van der Waals surface area contributed by atoms with Crippen LogP contribution in [0.25, 0.3) is 10.9 Å². The van der Waals surface area contributed by atoms with Gasteiger partial charge in [-0.2, -0.15) is 0 Å². The van der Waals surface area contributed by atoms with Gasteiger partial charge in [-0.05, 0) is 68.1 Å². The van der Waals surface area contributed by atoms with E-state index >= 15 is 0 Å². The molecule has 4 heteroatoms. The fourth-order valence-corrected chi connectivity index (χ4v) is 4.08. The third-order valence-electron chi connectivity index (χ3n) is 5.43. The van der Waals surface area contributed by atoms with Gasteiger partial charge in [-0.3, -0.25) is 4.79 Å². The second-order valence-corrected chi connectivity index (χ2v) is 7.77. The van der Waals surface area contributed by atoms with Crippen LogP contribution in [0.3, 0.4) is 0 Å². The van der Waals surface area contributed by atoms with Crippen molar-refractivity contribution in [3.8, 4) is 0 Å². The molecule has 0 spiro atoms. The number of carbonyl (C=O) groups is 1. The number of nitrogens with zero attached hydrogens (tertiary/aromatic N) is 2. The Morgan fingerprint density at radius 3 is 2.70 bits per heavy atom. The monoisotopic (exact) mass is 361 g/mol. The zero-order valence-corrected chi connectivity index (χ0v) is 16.1. The number of nitrogens with one attached hydrogen (secondary N) is 1. The zero-order valence-electron chi connectivity index (χ0n) is 16.1. The van der Waals surface area contributed by atoms with E-state index in [1.165, 1.54) is 17.5 Å². The van der Waals surface area contributed by atoms with Gasteiger partial charge >= 0.3 is 0 Å². The van der Waals surface area contributed by atoms with E-state index < -0.39 is 0 Å². The molecule has 1 aliphatic rings. The van der Waals surface area contributed by atoms with Crippen LogP contribution < -0.4 is 0 Å². The molecule has 1 aromatic heterocycles. The molecule has 0 saturated carbocycles. The molecule has 1 N–H and O–H groups in total. The van der Waals surface area contributed by atoms with Crippen molar-refractivity contribution in [3.63, 3.8) is 0 Å². The van der Waals surface area contributed by atoms with Gasteiger partial charge in [0, 0.05) is 30.4 Å². The number of fused-ring (bicyclic) bond motifs is 1. The van der Waals surface area contributed by atoms with Gasteiger partial charge < -0.3 is 14.8 Å². The van der Waals surface area contributed by atoms with Gasteiger partial charge in [0.15, 0.2) is 0 Å². The second-order valence-electron chi connectivity index (χ2n) is 7.77. The number of aromatic amines is 1. The number of benzene rings is 2. The van der Waals surface area contributed by atoms with Crippen LogP contribution in [0.2, 0.25) is 0 Å². The lowest BCUT2D eigenvalue weighted by Gasteiger charge is -2.36. The van der Waals surface area contributed by atoms with Crippen molar-refractivity contribution >= 4 is 16.8 Å². The molecule has 0 unspecified atom stereocenters. The van der Waals surface area contributed by atoms with Gasteiger partial charge in [0.05, 0.1) is 6.04 Å². The molecule has 4 rings (SSSR count). The molecule has 4 nitrogen and oxygen atoms in total. The van der Waals surface area contributed by atoms with Crippen molar-refractivity contribution in [1.29, 1.82) is 0 Å². The quantitative estimate of drug-likeness (QED) is 0.738. The standard InChI is InChI=1S/C23H27N3O/c1-25(2)16-17-6-8-19(9-7-17)22-5-3-4-14-26(22)23(27)20-11-10-18-12-13-24-21(18)15-20/h6-13,15,22,24H,3-5,14,16H2,1-2H3/t22-/m0/s1. The lowest BCUT2D eigenvalue weighted by Crippen LogP contribution is -2.38. The molecule has 1 aliphatic heterocycles. The van der Waals surface area contributed by atoms with Gasteiger partial charge in [-0.25, -0.2) is 0 Å². The number of hydrogen-bond donors (Lipinski definition) is 1. The van der Waals surface area contributed by atoms with Crippen LogP contribution in [0.15, 0.2) is 54.7 Å². The average Bonchev–Trinajstić information content (AvgIpc) is 3.15. The molecule has 0 aliphatic carbocycles.